The molecular formula is C12H14BrN5. The lowest BCUT2D eigenvalue weighted by Crippen LogP contribution is -2.05. The second-order valence-electron chi connectivity index (χ2n) is 4.89. The molecule has 1 aliphatic rings. The van der Waals surface area contributed by atoms with Gasteiger partial charge in [0.05, 0.1) is 0 Å². The first-order chi connectivity index (χ1) is 8.65. The number of hydrogen-bond acceptors (Lipinski definition) is 4. The molecule has 1 aromatic carbocycles. The fourth-order valence-electron chi connectivity index (χ4n) is 2.09. The van der Waals surface area contributed by atoms with Crippen molar-refractivity contribution in [3.63, 3.8) is 0 Å². The number of anilines is 1. The van der Waals surface area contributed by atoms with E-state index in [1.165, 1.54) is 6.42 Å². The number of halogens is 1. The molecule has 18 heavy (non-hydrogen) atoms. The molecule has 0 radical (unpaired) electrons. The third kappa shape index (κ3) is 2.12. The molecule has 0 aliphatic heterocycles. The summed E-state index contributed by atoms with van der Waals surface area (Å²) >= 11 is 3.39. The first-order valence-electron chi connectivity index (χ1n) is 5.96. The maximum atomic E-state index is 5.89. The van der Waals surface area contributed by atoms with Gasteiger partial charge in [0.15, 0.2) is 5.82 Å². The number of nitrogen functional groups attached to an aromatic ring is 1. The topological polar surface area (TPSA) is 69.6 Å². The summed E-state index contributed by atoms with van der Waals surface area (Å²) in [5, 5.41) is 11.9. The van der Waals surface area contributed by atoms with E-state index in [1.54, 1.807) is 0 Å². The van der Waals surface area contributed by atoms with Gasteiger partial charge < -0.3 is 5.73 Å². The molecule has 3 rings (SSSR count). The van der Waals surface area contributed by atoms with Crippen molar-refractivity contribution in [2.45, 2.75) is 19.9 Å². The lowest BCUT2D eigenvalue weighted by molar-refractivity contribution is 0.528. The van der Waals surface area contributed by atoms with Crippen LogP contribution in [-0.4, -0.2) is 20.2 Å². The SMILES string of the molecule is CC1CC1Cn1nnnc1-c1ccc(Br)c(N)c1. The van der Waals surface area contributed by atoms with Crippen LogP contribution in [0.4, 0.5) is 5.69 Å². The van der Waals surface area contributed by atoms with E-state index in [2.05, 4.69) is 38.4 Å². The molecule has 94 valence electrons. The molecule has 2 atom stereocenters. The van der Waals surface area contributed by atoms with Gasteiger partial charge in [0, 0.05) is 22.3 Å². The zero-order valence-corrected chi connectivity index (χ0v) is 11.6. The molecule has 5 nitrogen and oxygen atoms in total. The van der Waals surface area contributed by atoms with Crippen LogP contribution in [0.2, 0.25) is 0 Å². The molecule has 2 N–H and O–H groups in total. The molecule has 1 aliphatic carbocycles. The first-order valence-corrected chi connectivity index (χ1v) is 6.76. The van der Waals surface area contributed by atoms with Gasteiger partial charge in [-0.25, -0.2) is 4.68 Å². The molecule has 1 heterocycles. The van der Waals surface area contributed by atoms with Crippen molar-refractivity contribution >= 4 is 21.6 Å². The van der Waals surface area contributed by atoms with Crippen molar-refractivity contribution in [3.05, 3.63) is 22.7 Å². The number of nitrogens with zero attached hydrogens (tertiary/aromatic N) is 4. The summed E-state index contributed by atoms with van der Waals surface area (Å²) in [5.41, 5.74) is 7.54. The van der Waals surface area contributed by atoms with Crippen LogP contribution in [0.3, 0.4) is 0 Å². The van der Waals surface area contributed by atoms with E-state index < -0.39 is 0 Å². The zero-order valence-electron chi connectivity index (χ0n) is 10.0. The van der Waals surface area contributed by atoms with Gasteiger partial charge in [-0.3, -0.25) is 0 Å². The van der Waals surface area contributed by atoms with E-state index in [-0.39, 0.29) is 0 Å². The van der Waals surface area contributed by atoms with Crippen molar-refractivity contribution in [1.82, 2.24) is 20.2 Å². The molecule has 1 saturated carbocycles. The van der Waals surface area contributed by atoms with E-state index in [4.69, 9.17) is 5.73 Å². The van der Waals surface area contributed by atoms with Crippen molar-refractivity contribution in [2.24, 2.45) is 11.8 Å². The predicted octanol–water partition coefficient (Wildman–Crippen LogP) is 2.34. The van der Waals surface area contributed by atoms with Crippen LogP contribution in [0.15, 0.2) is 22.7 Å². The number of aromatic nitrogens is 4. The van der Waals surface area contributed by atoms with Gasteiger partial charge in [0.2, 0.25) is 0 Å². The van der Waals surface area contributed by atoms with Crippen molar-refractivity contribution < 1.29 is 0 Å². The Morgan fingerprint density at radius 2 is 2.28 bits per heavy atom. The van der Waals surface area contributed by atoms with Crippen molar-refractivity contribution in [1.29, 1.82) is 0 Å². The molecule has 6 heteroatoms. The van der Waals surface area contributed by atoms with Crippen LogP contribution in [0.25, 0.3) is 11.4 Å². The molecule has 1 aromatic heterocycles. The minimum atomic E-state index is 0.696. The lowest BCUT2D eigenvalue weighted by Gasteiger charge is -2.05. The maximum absolute atomic E-state index is 5.89. The molecule has 0 spiro atoms. The van der Waals surface area contributed by atoms with E-state index in [9.17, 15) is 0 Å². The van der Waals surface area contributed by atoms with Gasteiger partial charge in [0.25, 0.3) is 0 Å². The Morgan fingerprint density at radius 1 is 1.50 bits per heavy atom. The van der Waals surface area contributed by atoms with Gasteiger partial charge in [0.1, 0.15) is 0 Å². The average molecular weight is 308 g/mol. The van der Waals surface area contributed by atoms with Gasteiger partial charge >= 0.3 is 0 Å². The van der Waals surface area contributed by atoms with Crippen LogP contribution < -0.4 is 5.73 Å². The maximum Gasteiger partial charge on any atom is 0.182 e. The lowest BCUT2D eigenvalue weighted by atomic mass is 10.2. The highest BCUT2D eigenvalue weighted by atomic mass is 79.9. The smallest absolute Gasteiger partial charge is 0.182 e. The standard InChI is InChI=1S/C12H14BrN5/c1-7-4-9(7)6-18-12(15-16-17-18)8-2-3-10(13)11(14)5-8/h2-3,5,7,9H,4,6,14H2,1H3. The Labute approximate surface area is 113 Å². The zero-order chi connectivity index (χ0) is 12.7. The Morgan fingerprint density at radius 3 is 2.94 bits per heavy atom. The van der Waals surface area contributed by atoms with Crippen LogP contribution in [0, 0.1) is 11.8 Å². The van der Waals surface area contributed by atoms with E-state index in [0.717, 1.165) is 28.3 Å². The third-order valence-corrected chi connectivity index (χ3v) is 4.19. The van der Waals surface area contributed by atoms with E-state index >= 15 is 0 Å². The van der Waals surface area contributed by atoms with Crippen LogP contribution in [0.5, 0.6) is 0 Å². The highest BCUT2D eigenvalue weighted by Crippen LogP contribution is 2.39. The summed E-state index contributed by atoms with van der Waals surface area (Å²) in [6.07, 6.45) is 1.27. The number of hydrogen-bond donors (Lipinski definition) is 1. The summed E-state index contributed by atoms with van der Waals surface area (Å²) in [6, 6.07) is 5.78. The molecule has 0 saturated heterocycles. The third-order valence-electron chi connectivity index (χ3n) is 3.47. The second-order valence-corrected chi connectivity index (χ2v) is 5.75. The molecule has 2 unspecified atom stereocenters. The van der Waals surface area contributed by atoms with Crippen molar-refractivity contribution in [3.8, 4) is 11.4 Å². The minimum Gasteiger partial charge on any atom is -0.398 e. The van der Waals surface area contributed by atoms with Gasteiger partial charge in [-0.2, -0.15) is 0 Å². The van der Waals surface area contributed by atoms with Crippen LogP contribution in [-0.2, 0) is 6.54 Å². The summed E-state index contributed by atoms with van der Waals surface area (Å²) in [5.74, 6) is 2.28. The largest absolute Gasteiger partial charge is 0.398 e. The highest BCUT2D eigenvalue weighted by molar-refractivity contribution is 9.10. The van der Waals surface area contributed by atoms with Gasteiger partial charge in [-0.1, -0.05) is 6.92 Å². The molecule has 2 aromatic rings. The second kappa shape index (κ2) is 4.35. The summed E-state index contributed by atoms with van der Waals surface area (Å²) < 4.78 is 2.76. The van der Waals surface area contributed by atoms with E-state index in [1.807, 2.05) is 22.9 Å². The summed E-state index contributed by atoms with van der Waals surface area (Å²) in [4.78, 5) is 0. The average Bonchev–Trinajstić information content (AvgIpc) is 2.86. The molecule has 1 fully saturated rings. The Balaban J connectivity index is 1.91. The Kier molecular flexibility index (Phi) is 2.81. The highest BCUT2D eigenvalue weighted by Gasteiger charge is 2.33. The quantitative estimate of drug-likeness (QED) is 0.884. The monoisotopic (exact) mass is 307 g/mol. The van der Waals surface area contributed by atoms with E-state index in [0.29, 0.717) is 11.6 Å². The van der Waals surface area contributed by atoms with Crippen LogP contribution in [0.1, 0.15) is 13.3 Å². The summed E-state index contributed by atoms with van der Waals surface area (Å²) in [7, 11) is 0. The summed E-state index contributed by atoms with van der Waals surface area (Å²) in [6.45, 7) is 3.14. The minimum absolute atomic E-state index is 0.696. The Bertz CT molecular complexity index is 580. The predicted molar refractivity (Wildman–Crippen MR) is 72.6 cm³/mol. The van der Waals surface area contributed by atoms with Gasteiger partial charge in [-0.05, 0) is 62.8 Å². The number of nitrogens with two attached hydrogens (primary N) is 1. The Hall–Kier alpha value is -1.43. The first kappa shape index (κ1) is 11.6. The molecule has 0 amide bonds. The van der Waals surface area contributed by atoms with Crippen molar-refractivity contribution in [2.75, 3.05) is 5.73 Å². The number of benzene rings is 1. The fourth-order valence-corrected chi connectivity index (χ4v) is 2.34. The fraction of sp³-hybridized carbons (Fsp3) is 0.417. The number of rotatable bonds is 3. The molecule has 0 bridgehead atoms. The van der Waals surface area contributed by atoms with Crippen LogP contribution >= 0.6 is 15.9 Å². The normalized spacial score (nSPS) is 22.1. The van der Waals surface area contributed by atoms with Gasteiger partial charge in [-0.15, -0.1) is 5.10 Å². The molecular weight excluding hydrogens is 294 g/mol. The number of tetrazole rings is 1.